The van der Waals surface area contributed by atoms with Crippen LogP contribution in [0, 0.1) is 0 Å². The molecule has 5 rings (SSSR count). The Morgan fingerprint density at radius 1 is 0.476 bits per heavy atom. The summed E-state index contributed by atoms with van der Waals surface area (Å²) in [5, 5.41) is 9.40. The lowest BCUT2D eigenvalue weighted by Gasteiger charge is -2.19. The molecule has 0 atom stereocenters. The maximum absolute atomic E-state index is 13.2. The fourth-order valence-corrected chi connectivity index (χ4v) is 6.92. The Balaban J connectivity index is 1.31. The molecule has 0 saturated carbocycles. The van der Waals surface area contributed by atoms with Crippen LogP contribution in [0.1, 0.15) is 26.3 Å². The molecule has 42 heavy (non-hydrogen) atoms. The summed E-state index contributed by atoms with van der Waals surface area (Å²) in [7, 11) is -7.45. The largest absolute Gasteiger partial charge is 0.508 e. The molecule has 5 aromatic rings. The van der Waals surface area contributed by atoms with E-state index in [-0.39, 0.29) is 30.7 Å². The summed E-state index contributed by atoms with van der Waals surface area (Å²) in [5.41, 5.74) is 2.49. The van der Waals surface area contributed by atoms with Crippen molar-refractivity contribution < 1.29 is 26.7 Å². The molecule has 0 heterocycles. The second kappa shape index (κ2) is 11.1. The van der Waals surface area contributed by atoms with Gasteiger partial charge in [-0.2, -0.15) is 0 Å². The molecule has 0 aromatic heterocycles. The number of phenols is 1. The van der Waals surface area contributed by atoms with Gasteiger partial charge in [0.1, 0.15) is 17.2 Å². The summed E-state index contributed by atoms with van der Waals surface area (Å²) in [6, 6.07) is 32.3. The zero-order valence-corrected chi connectivity index (χ0v) is 25.0. The molecule has 5 aromatic carbocycles. The average Bonchev–Trinajstić information content (AvgIpc) is 2.98. The summed E-state index contributed by atoms with van der Waals surface area (Å²) in [5.74, 6) is 1.10. The highest BCUT2D eigenvalue weighted by molar-refractivity contribution is 7.91. The first kappa shape index (κ1) is 29.1. The minimum atomic E-state index is -3.77. The Morgan fingerprint density at radius 2 is 0.786 bits per heavy atom. The monoisotopic (exact) mass is 598 g/mol. The number of ether oxygens (including phenoxy) is 1. The molecule has 0 spiro atoms. The Hall–Kier alpha value is -4.40. The fraction of sp³-hybridized carbons (Fsp3) is 0.118. The summed E-state index contributed by atoms with van der Waals surface area (Å²) in [6.07, 6.45) is 0. The van der Waals surface area contributed by atoms with Gasteiger partial charge in [-0.1, -0.05) is 57.2 Å². The molecular formula is C34H30O6S2. The first-order valence-corrected chi connectivity index (χ1v) is 16.2. The lowest BCUT2D eigenvalue weighted by Crippen LogP contribution is -2.11. The van der Waals surface area contributed by atoms with Crippen LogP contribution in [0.2, 0.25) is 0 Å². The van der Waals surface area contributed by atoms with Gasteiger partial charge in [-0.25, -0.2) is 16.8 Å². The topological polar surface area (TPSA) is 97.7 Å². The van der Waals surface area contributed by atoms with Gasteiger partial charge in [-0.15, -0.1) is 0 Å². The van der Waals surface area contributed by atoms with E-state index in [2.05, 4.69) is 20.8 Å². The maximum atomic E-state index is 13.2. The molecule has 0 unspecified atom stereocenters. The van der Waals surface area contributed by atoms with Gasteiger partial charge in [0.05, 0.1) is 19.6 Å². The molecule has 214 valence electrons. The van der Waals surface area contributed by atoms with Crippen molar-refractivity contribution in [2.45, 2.75) is 45.8 Å². The molecule has 0 aliphatic rings. The van der Waals surface area contributed by atoms with Crippen LogP contribution in [0.3, 0.4) is 0 Å². The Bertz CT molecular complexity index is 1900. The van der Waals surface area contributed by atoms with Gasteiger partial charge in [0, 0.05) is 0 Å². The van der Waals surface area contributed by atoms with Crippen molar-refractivity contribution >= 4 is 19.7 Å². The predicted molar refractivity (Wildman–Crippen MR) is 163 cm³/mol. The van der Waals surface area contributed by atoms with Crippen LogP contribution in [0.5, 0.6) is 17.2 Å². The van der Waals surface area contributed by atoms with Crippen molar-refractivity contribution in [3.63, 3.8) is 0 Å². The highest BCUT2D eigenvalue weighted by Crippen LogP contribution is 2.30. The van der Waals surface area contributed by atoms with E-state index in [4.69, 9.17) is 4.74 Å². The van der Waals surface area contributed by atoms with Gasteiger partial charge < -0.3 is 9.84 Å². The molecule has 0 bridgehead atoms. The smallest absolute Gasteiger partial charge is 0.206 e. The third kappa shape index (κ3) is 6.10. The van der Waals surface area contributed by atoms with Crippen LogP contribution in [-0.4, -0.2) is 21.9 Å². The third-order valence-electron chi connectivity index (χ3n) is 6.90. The van der Waals surface area contributed by atoms with E-state index >= 15 is 0 Å². The standard InChI is InChI=1S/C34H30O6S2/c1-34(2,3)26-8-20-32(21-9-26)41(36,37)30-16-4-24(5-17-30)25-6-18-31(19-7-25)42(38,39)33-22-14-29(15-23-33)40-28-12-10-27(35)11-13-28/h4-23,35H,1-3H3. The van der Waals surface area contributed by atoms with Crippen LogP contribution in [0.4, 0.5) is 0 Å². The number of sulfone groups is 2. The molecule has 0 aliphatic heterocycles. The lowest BCUT2D eigenvalue weighted by atomic mass is 9.87. The van der Waals surface area contributed by atoms with Crippen LogP contribution >= 0.6 is 0 Å². The molecular weight excluding hydrogens is 569 g/mol. The molecule has 0 aliphatic carbocycles. The van der Waals surface area contributed by atoms with Crippen LogP contribution in [0.15, 0.2) is 141 Å². The van der Waals surface area contributed by atoms with Crippen molar-refractivity contribution in [1.29, 1.82) is 0 Å². The van der Waals surface area contributed by atoms with E-state index in [1.165, 1.54) is 36.4 Å². The molecule has 1 N–H and O–H groups in total. The summed E-state index contributed by atoms with van der Waals surface area (Å²) in [6.45, 7) is 6.22. The SMILES string of the molecule is CC(C)(C)c1ccc(S(=O)(=O)c2ccc(-c3ccc(S(=O)(=O)c4ccc(Oc5ccc(O)cc5)cc4)cc3)cc2)cc1. The third-order valence-corrected chi connectivity index (χ3v) is 10.5. The zero-order valence-electron chi connectivity index (χ0n) is 23.4. The first-order chi connectivity index (χ1) is 19.8. The van der Waals surface area contributed by atoms with Crippen molar-refractivity contribution in [1.82, 2.24) is 0 Å². The highest BCUT2D eigenvalue weighted by atomic mass is 32.2. The van der Waals surface area contributed by atoms with E-state index in [1.807, 2.05) is 12.1 Å². The highest BCUT2D eigenvalue weighted by Gasteiger charge is 2.21. The number of benzene rings is 5. The molecule has 0 saturated heterocycles. The van der Waals surface area contributed by atoms with Gasteiger partial charge in [0.15, 0.2) is 0 Å². The van der Waals surface area contributed by atoms with Crippen LogP contribution in [0.25, 0.3) is 11.1 Å². The fourth-order valence-electron chi connectivity index (χ4n) is 4.40. The minimum Gasteiger partial charge on any atom is -0.508 e. The van der Waals surface area contributed by atoms with E-state index in [1.54, 1.807) is 72.8 Å². The number of hydrogen-bond donors (Lipinski definition) is 1. The van der Waals surface area contributed by atoms with Gasteiger partial charge in [-0.05, 0) is 107 Å². The molecule has 6 nitrogen and oxygen atoms in total. The molecule has 8 heteroatoms. The van der Waals surface area contributed by atoms with Crippen LogP contribution < -0.4 is 4.74 Å². The number of hydrogen-bond acceptors (Lipinski definition) is 6. The second-order valence-corrected chi connectivity index (χ2v) is 14.8. The minimum absolute atomic E-state index is 0.0755. The maximum Gasteiger partial charge on any atom is 0.206 e. The second-order valence-electron chi connectivity index (χ2n) is 10.9. The van der Waals surface area contributed by atoms with E-state index in [9.17, 15) is 21.9 Å². The lowest BCUT2D eigenvalue weighted by molar-refractivity contribution is 0.464. The van der Waals surface area contributed by atoms with Gasteiger partial charge in [-0.3, -0.25) is 0 Å². The molecule has 0 amide bonds. The Kier molecular flexibility index (Phi) is 7.70. The predicted octanol–water partition coefficient (Wildman–Crippen LogP) is 7.81. The van der Waals surface area contributed by atoms with Crippen molar-refractivity contribution in [3.05, 3.63) is 127 Å². The van der Waals surface area contributed by atoms with Gasteiger partial charge in [0.2, 0.25) is 19.7 Å². The summed E-state index contributed by atoms with van der Waals surface area (Å²) < 4.78 is 58.5. The summed E-state index contributed by atoms with van der Waals surface area (Å²) >= 11 is 0. The Morgan fingerprint density at radius 3 is 1.14 bits per heavy atom. The van der Waals surface area contributed by atoms with E-state index in [0.29, 0.717) is 11.5 Å². The van der Waals surface area contributed by atoms with Crippen molar-refractivity contribution in [2.24, 2.45) is 0 Å². The number of rotatable bonds is 7. The number of aromatic hydroxyl groups is 1. The normalized spacial score (nSPS) is 12.2. The van der Waals surface area contributed by atoms with Crippen molar-refractivity contribution in [2.75, 3.05) is 0 Å². The van der Waals surface area contributed by atoms with Crippen molar-refractivity contribution in [3.8, 4) is 28.4 Å². The molecule has 0 fully saturated rings. The van der Waals surface area contributed by atoms with E-state index < -0.39 is 19.7 Å². The molecule has 0 radical (unpaired) electrons. The van der Waals surface area contributed by atoms with Gasteiger partial charge >= 0.3 is 0 Å². The quantitative estimate of drug-likeness (QED) is 0.205. The van der Waals surface area contributed by atoms with E-state index in [0.717, 1.165) is 16.7 Å². The van der Waals surface area contributed by atoms with Gasteiger partial charge in [0.25, 0.3) is 0 Å². The number of phenolic OH excluding ortho intramolecular Hbond substituents is 1. The Labute approximate surface area is 246 Å². The van der Waals surface area contributed by atoms with Crippen LogP contribution in [-0.2, 0) is 25.1 Å². The first-order valence-electron chi connectivity index (χ1n) is 13.2. The summed E-state index contributed by atoms with van der Waals surface area (Å²) in [4.78, 5) is 0.680. The average molecular weight is 599 g/mol. The zero-order chi connectivity index (χ0) is 30.1.